The van der Waals surface area contributed by atoms with E-state index in [1.807, 2.05) is 32.2 Å². The zero-order valence-corrected chi connectivity index (χ0v) is 11.5. The second kappa shape index (κ2) is 8.14. The molecule has 1 aromatic heterocycles. The van der Waals surface area contributed by atoms with E-state index >= 15 is 0 Å². The molecule has 0 aliphatic carbocycles. The van der Waals surface area contributed by atoms with Crippen molar-refractivity contribution in [3.63, 3.8) is 0 Å². The molecular weight excluding hydrogens is 223 g/mol. The van der Waals surface area contributed by atoms with Gasteiger partial charge in [-0.3, -0.25) is 4.98 Å². The third kappa shape index (κ3) is 4.33. The first kappa shape index (κ1) is 15.0. The van der Waals surface area contributed by atoms with Crippen LogP contribution >= 0.6 is 0 Å². The summed E-state index contributed by atoms with van der Waals surface area (Å²) >= 11 is 0. The van der Waals surface area contributed by atoms with Crippen LogP contribution in [0.25, 0.3) is 0 Å². The number of rotatable bonds is 3. The third-order valence-electron chi connectivity index (χ3n) is 3.29. The number of aliphatic hydroxyl groups excluding tert-OH is 1. The average molecular weight is 246 g/mol. The molecule has 1 N–H and O–H groups in total. The molecule has 0 spiro atoms. The van der Waals surface area contributed by atoms with Crippen molar-refractivity contribution in [2.24, 2.45) is 5.92 Å². The Hall–Kier alpha value is -1.03. The van der Waals surface area contributed by atoms with Gasteiger partial charge in [-0.1, -0.05) is 13.8 Å². The minimum Gasteiger partial charge on any atom is -0.396 e. The van der Waals surface area contributed by atoms with Crippen LogP contribution < -0.4 is 10.5 Å². The van der Waals surface area contributed by atoms with Gasteiger partial charge in [0.15, 0.2) is 0 Å². The minimum absolute atomic E-state index is 0.314. The van der Waals surface area contributed by atoms with Gasteiger partial charge < -0.3 is 10.0 Å². The molecule has 0 amide bonds. The van der Waals surface area contributed by atoms with E-state index in [0.717, 1.165) is 38.0 Å². The van der Waals surface area contributed by atoms with Crippen LogP contribution in [-0.4, -0.2) is 37.6 Å². The van der Waals surface area contributed by atoms with E-state index in [0.29, 0.717) is 18.1 Å². The van der Waals surface area contributed by atoms with Crippen LogP contribution in [0.5, 0.6) is 0 Å². The maximum atomic E-state index is 8.89. The summed E-state index contributed by atoms with van der Waals surface area (Å²) in [5.74, 6) is 0.683. The van der Waals surface area contributed by atoms with E-state index < -0.39 is 0 Å². The van der Waals surface area contributed by atoms with Crippen LogP contribution in [0.2, 0.25) is 0 Å². The van der Waals surface area contributed by atoms with Gasteiger partial charge in [-0.15, -0.1) is 0 Å². The van der Waals surface area contributed by atoms with E-state index in [1.54, 1.807) is 0 Å². The Morgan fingerprint density at radius 1 is 1.33 bits per heavy atom. The van der Waals surface area contributed by atoms with E-state index in [4.69, 9.17) is 13.0 Å². The lowest BCUT2D eigenvalue weighted by Gasteiger charge is -2.33. The standard InChI is InChI=1S/C12H17BN2O.C2H6/c13-12-2-1-11(9-14-12)15-6-3-10(4-7-15)5-8-16;1-2/h1-2,9-10,16H,3-8H2;1-2H3. The Morgan fingerprint density at radius 3 is 2.50 bits per heavy atom. The van der Waals surface area contributed by atoms with E-state index in [1.165, 1.54) is 0 Å². The minimum atomic E-state index is 0.314. The Bertz CT molecular complexity index is 321. The molecule has 98 valence electrons. The van der Waals surface area contributed by atoms with Crippen molar-refractivity contribution in [1.29, 1.82) is 0 Å². The molecule has 4 heteroatoms. The molecule has 18 heavy (non-hydrogen) atoms. The van der Waals surface area contributed by atoms with Gasteiger partial charge in [0, 0.05) is 25.9 Å². The summed E-state index contributed by atoms with van der Waals surface area (Å²) in [5.41, 5.74) is 1.72. The number of aromatic nitrogens is 1. The maximum absolute atomic E-state index is 8.89. The van der Waals surface area contributed by atoms with Crippen LogP contribution in [0.3, 0.4) is 0 Å². The van der Waals surface area contributed by atoms with Crippen LogP contribution in [0.1, 0.15) is 33.1 Å². The Balaban J connectivity index is 0.000000771. The molecule has 0 saturated carbocycles. The fourth-order valence-electron chi connectivity index (χ4n) is 2.25. The van der Waals surface area contributed by atoms with Crippen molar-refractivity contribution in [3.8, 4) is 0 Å². The molecule has 1 aliphatic heterocycles. The van der Waals surface area contributed by atoms with Gasteiger partial charge in [-0.25, -0.2) is 0 Å². The summed E-state index contributed by atoms with van der Waals surface area (Å²) in [5, 5.41) is 8.89. The number of anilines is 1. The summed E-state index contributed by atoms with van der Waals surface area (Å²) in [4.78, 5) is 6.44. The zero-order valence-electron chi connectivity index (χ0n) is 11.5. The molecule has 1 saturated heterocycles. The Kier molecular flexibility index (Phi) is 6.80. The molecular formula is C14H23BN2O. The average Bonchev–Trinajstić information content (AvgIpc) is 2.43. The molecule has 0 bridgehead atoms. The number of piperidine rings is 1. The van der Waals surface area contributed by atoms with Gasteiger partial charge in [0.25, 0.3) is 0 Å². The van der Waals surface area contributed by atoms with Crippen molar-refractivity contribution in [3.05, 3.63) is 18.3 Å². The highest BCUT2D eigenvalue weighted by molar-refractivity contribution is 6.30. The molecule has 0 atom stereocenters. The molecule has 1 fully saturated rings. The molecule has 1 aliphatic rings. The summed E-state index contributed by atoms with van der Waals surface area (Å²) < 4.78 is 0. The van der Waals surface area contributed by atoms with Crippen molar-refractivity contribution >= 4 is 19.1 Å². The lowest BCUT2D eigenvalue weighted by molar-refractivity contribution is 0.240. The van der Waals surface area contributed by atoms with E-state index in [9.17, 15) is 0 Å². The highest BCUT2D eigenvalue weighted by Crippen LogP contribution is 2.23. The van der Waals surface area contributed by atoms with Crippen molar-refractivity contribution < 1.29 is 5.11 Å². The molecule has 1 aromatic rings. The van der Waals surface area contributed by atoms with Crippen molar-refractivity contribution in [2.45, 2.75) is 33.1 Å². The number of hydrogen-bond acceptors (Lipinski definition) is 3. The van der Waals surface area contributed by atoms with Gasteiger partial charge in [0.05, 0.1) is 5.69 Å². The first-order valence-corrected chi connectivity index (χ1v) is 6.87. The fourth-order valence-corrected chi connectivity index (χ4v) is 2.25. The van der Waals surface area contributed by atoms with Crippen LogP contribution in [0.15, 0.2) is 18.3 Å². The monoisotopic (exact) mass is 246 g/mol. The predicted octanol–water partition coefficient (Wildman–Crippen LogP) is 1.50. The lowest BCUT2D eigenvalue weighted by atomic mass is 9.93. The first-order valence-electron chi connectivity index (χ1n) is 6.87. The topological polar surface area (TPSA) is 36.4 Å². The van der Waals surface area contributed by atoms with Crippen LogP contribution in [-0.2, 0) is 0 Å². The number of nitrogens with zero attached hydrogens (tertiary/aromatic N) is 2. The normalized spacial score (nSPS) is 16.1. The van der Waals surface area contributed by atoms with Gasteiger partial charge in [0.2, 0.25) is 0 Å². The van der Waals surface area contributed by atoms with Crippen molar-refractivity contribution in [2.75, 3.05) is 24.6 Å². The number of pyridine rings is 1. The van der Waals surface area contributed by atoms with Gasteiger partial charge in [-0.2, -0.15) is 0 Å². The van der Waals surface area contributed by atoms with Gasteiger partial charge >= 0.3 is 0 Å². The fraction of sp³-hybridized carbons (Fsp3) is 0.643. The van der Waals surface area contributed by atoms with Crippen molar-refractivity contribution in [1.82, 2.24) is 4.98 Å². The largest absolute Gasteiger partial charge is 0.396 e. The van der Waals surface area contributed by atoms with Gasteiger partial charge in [0.1, 0.15) is 7.85 Å². The maximum Gasteiger partial charge on any atom is 0.141 e. The second-order valence-corrected chi connectivity index (χ2v) is 4.38. The first-order chi connectivity index (χ1) is 8.79. The summed E-state index contributed by atoms with van der Waals surface area (Å²) in [7, 11) is 5.56. The molecule has 2 rings (SSSR count). The predicted molar refractivity (Wildman–Crippen MR) is 77.6 cm³/mol. The molecule has 0 aromatic carbocycles. The molecule has 2 radical (unpaired) electrons. The Labute approximate surface area is 112 Å². The van der Waals surface area contributed by atoms with Crippen LogP contribution in [0, 0.1) is 5.92 Å². The molecule has 3 nitrogen and oxygen atoms in total. The quantitative estimate of drug-likeness (QED) is 0.821. The zero-order chi connectivity index (χ0) is 13.4. The number of aliphatic hydroxyl groups is 1. The van der Waals surface area contributed by atoms with E-state index in [2.05, 4.69) is 9.88 Å². The summed E-state index contributed by atoms with van der Waals surface area (Å²) in [6.07, 6.45) is 5.09. The third-order valence-corrected chi connectivity index (χ3v) is 3.29. The smallest absolute Gasteiger partial charge is 0.141 e. The highest BCUT2D eigenvalue weighted by atomic mass is 16.3. The summed E-state index contributed by atoms with van der Waals surface area (Å²) in [6.45, 7) is 6.42. The van der Waals surface area contributed by atoms with Crippen LogP contribution in [0.4, 0.5) is 5.69 Å². The highest BCUT2D eigenvalue weighted by Gasteiger charge is 2.18. The number of hydrogen-bond donors (Lipinski definition) is 1. The lowest BCUT2D eigenvalue weighted by Crippen LogP contribution is -2.34. The Morgan fingerprint density at radius 2 is 2.00 bits per heavy atom. The summed E-state index contributed by atoms with van der Waals surface area (Å²) in [6, 6.07) is 3.86. The SMILES string of the molecule is CC.[B]c1ccc(N2CCC(CCO)CC2)cn1. The van der Waals surface area contributed by atoms with Gasteiger partial charge in [-0.05, 0) is 42.9 Å². The second-order valence-electron chi connectivity index (χ2n) is 4.38. The van der Waals surface area contributed by atoms with E-state index in [-0.39, 0.29) is 0 Å². The molecule has 2 heterocycles. The molecule has 0 unspecified atom stereocenters.